The predicted molar refractivity (Wildman–Crippen MR) is 108 cm³/mol. The quantitative estimate of drug-likeness (QED) is 0.518. The third-order valence-corrected chi connectivity index (χ3v) is 4.52. The van der Waals surface area contributed by atoms with Crippen LogP contribution < -0.4 is 10.6 Å². The van der Waals surface area contributed by atoms with Crippen LogP contribution in [0.4, 0.5) is 11.4 Å². The van der Waals surface area contributed by atoms with E-state index < -0.39 is 5.91 Å². The first-order valence-corrected chi connectivity index (χ1v) is 8.70. The number of halogens is 2. The largest absolute Gasteiger partial charge is 0.360 e. The van der Waals surface area contributed by atoms with Crippen LogP contribution in [0.15, 0.2) is 54.2 Å². The first-order chi connectivity index (χ1) is 12.2. The van der Waals surface area contributed by atoms with Gasteiger partial charge in [-0.05, 0) is 35.2 Å². The molecule has 0 aliphatic carbocycles. The molecule has 4 nitrogen and oxygen atoms in total. The lowest BCUT2D eigenvalue weighted by Gasteiger charge is -2.19. The van der Waals surface area contributed by atoms with Crippen molar-refractivity contribution >= 4 is 40.5 Å². The maximum absolute atomic E-state index is 12.3. The number of amides is 1. The highest BCUT2D eigenvalue weighted by molar-refractivity contribution is 6.44. The van der Waals surface area contributed by atoms with E-state index in [9.17, 15) is 10.1 Å². The monoisotopic (exact) mass is 387 g/mol. The van der Waals surface area contributed by atoms with Gasteiger partial charge in [-0.1, -0.05) is 62.2 Å². The lowest BCUT2D eigenvalue weighted by molar-refractivity contribution is -0.112. The average Bonchev–Trinajstić information content (AvgIpc) is 2.59. The van der Waals surface area contributed by atoms with Crippen molar-refractivity contribution in [3.8, 4) is 6.07 Å². The number of hydrogen-bond acceptors (Lipinski definition) is 3. The highest BCUT2D eigenvalue weighted by Crippen LogP contribution is 2.29. The fraction of sp³-hybridized carbons (Fsp3) is 0.200. The van der Waals surface area contributed by atoms with Crippen LogP contribution in [0, 0.1) is 11.3 Å². The highest BCUT2D eigenvalue weighted by atomic mass is 35.5. The third kappa shape index (κ3) is 5.01. The molecular weight excluding hydrogens is 369 g/mol. The van der Waals surface area contributed by atoms with Gasteiger partial charge in [-0.2, -0.15) is 5.26 Å². The molecule has 0 heterocycles. The summed E-state index contributed by atoms with van der Waals surface area (Å²) in [5.41, 5.74) is 2.29. The smallest absolute Gasteiger partial charge is 0.267 e. The van der Waals surface area contributed by atoms with Crippen LogP contribution in [0.2, 0.25) is 10.0 Å². The van der Waals surface area contributed by atoms with E-state index in [1.807, 2.05) is 30.3 Å². The summed E-state index contributed by atoms with van der Waals surface area (Å²) in [6.45, 7) is 6.40. The number of rotatable bonds is 4. The number of nitrogens with zero attached hydrogens (tertiary/aromatic N) is 1. The van der Waals surface area contributed by atoms with Crippen molar-refractivity contribution in [2.45, 2.75) is 26.2 Å². The summed E-state index contributed by atoms with van der Waals surface area (Å²) >= 11 is 12.0. The summed E-state index contributed by atoms with van der Waals surface area (Å²) in [4.78, 5) is 12.3. The van der Waals surface area contributed by atoms with Crippen LogP contribution in [-0.4, -0.2) is 5.91 Å². The van der Waals surface area contributed by atoms with E-state index in [1.165, 1.54) is 11.8 Å². The minimum Gasteiger partial charge on any atom is -0.360 e. The van der Waals surface area contributed by atoms with E-state index in [0.29, 0.717) is 10.7 Å². The first-order valence-electron chi connectivity index (χ1n) is 7.95. The Morgan fingerprint density at radius 1 is 1.12 bits per heavy atom. The molecule has 0 saturated carbocycles. The Hall–Kier alpha value is -2.48. The standard InChI is InChI=1S/C20H19Cl2N3O/c1-20(2,3)14-7-9-15(10-8-14)24-12-13(11-23)19(26)25-17-6-4-5-16(21)18(17)22/h4-10,12,24H,1-3H3,(H,25,26)/b13-12-. The molecule has 0 atom stereocenters. The van der Waals surface area contributed by atoms with Gasteiger partial charge in [0.25, 0.3) is 5.91 Å². The Balaban J connectivity index is 2.11. The van der Waals surface area contributed by atoms with Gasteiger partial charge in [-0.15, -0.1) is 0 Å². The van der Waals surface area contributed by atoms with Crippen molar-refractivity contribution in [1.82, 2.24) is 0 Å². The maximum atomic E-state index is 12.3. The molecule has 0 aliphatic rings. The molecule has 0 aliphatic heterocycles. The number of nitriles is 1. The normalized spacial score (nSPS) is 11.6. The average molecular weight is 388 g/mol. The molecule has 1 amide bonds. The molecule has 2 aromatic carbocycles. The molecule has 2 aromatic rings. The zero-order valence-corrected chi connectivity index (χ0v) is 16.2. The van der Waals surface area contributed by atoms with E-state index in [4.69, 9.17) is 23.2 Å². The van der Waals surface area contributed by atoms with Crippen LogP contribution >= 0.6 is 23.2 Å². The van der Waals surface area contributed by atoms with Crippen molar-refractivity contribution < 1.29 is 4.79 Å². The summed E-state index contributed by atoms with van der Waals surface area (Å²) in [7, 11) is 0. The highest BCUT2D eigenvalue weighted by Gasteiger charge is 2.14. The van der Waals surface area contributed by atoms with Crippen molar-refractivity contribution in [1.29, 1.82) is 5.26 Å². The zero-order chi connectivity index (χ0) is 19.3. The molecule has 2 rings (SSSR count). The second-order valence-electron chi connectivity index (χ2n) is 6.70. The Labute approximate surface area is 163 Å². The third-order valence-electron chi connectivity index (χ3n) is 3.70. The maximum Gasteiger partial charge on any atom is 0.267 e. The van der Waals surface area contributed by atoms with Crippen LogP contribution in [0.5, 0.6) is 0 Å². The molecule has 0 fully saturated rings. The number of hydrogen-bond donors (Lipinski definition) is 2. The molecule has 0 radical (unpaired) electrons. The summed E-state index contributed by atoms with van der Waals surface area (Å²) in [5.74, 6) is -0.574. The molecule has 2 N–H and O–H groups in total. The van der Waals surface area contributed by atoms with Gasteiger partial charge >= 0.3 is 0 Å². The van der Waals surface area contributed by atoms with Gasteiger partial charge in [0.1, 0.15) is 11.6 Å². The van der Waals surface area contributed by atoms with E-state index in [2.05, 4.69) is 31.4 Å². The van der Waals surface area contributed by atoms with Crippen LogP contribution in [0.1, 0.15) is 26.3 Å². The van der Waals surface area contributed by atoms with Crippen molar-refractivity contribution in [2.75, 3.05) is 10.6 Å². The molecule has 0 aromatic heterocycles. The summed E-state index contributed by atoms with van der Waals surface area (Å²) in [5, 5.41) is 15.3. The SMILES string of the molecule is CC(C)(C)c1ccc(N/C=C(/C#N)C(=O)Nc2cccc(Cl)c2Cl)cc1. The molecule has 0 bridgehead atoms. The first kappa shape index (κ1) is 19.8. The molecule has 134 valence electrons. The van der Waals surface area contributed by atoms with Crippen LogP contribution in [-0.2, 0) is 10.2 Å². The van der Waals surface area contributed by atoms with Gasteiger partial charge < -0.3 is 10.6 Å². The molecule has 6 heteroatoms. The molecule has 0 saturated heterocycles. The van der Waals surface area contributed by atoms with E-state index in [1.54, 1.807) is 18.2 Å². The Morgan fingerprint density at radius 2 is 1.77 bits per heavy atom. The summed E-state index contributed by atoms with van der Waals surface area (Å²) < 4.78 is 0. The van der Waals surface area contributed by atoms with Gasteiger partial charge in [-0.25, -0.2) is 0 Å². The molecule has 0 spiro atoms. The van der Waals surface area contributed by atoms with Gasteiger partial charge in [0, 0.05) is 11.9 Å². The van der Waals surface area contributed by atoms with E-state index in [-0.39, 0.29) is 16.0 Å². The number of anilines is 2. The Bertz CT molecular complexity index is 875. The van der Waals surface area contributed by atoms with E-state index >= 15 is 0 Å². The number of carbonyl (C=O) groups excluding carboxylic acids is 1. The second-order valence-corrected chi connectivity index (χ2v) is 7.48. The summed E-state index contributed by atoms with van der Waals surface area (Å²) in [6.07, 6.45) is 1.36. The van der Waals surface area contributed by atoms with Gasteiger partial charge in [0.15, 0.2) is 0 Å². The van der Waals surface area contributed by atoms with Crippen molar-refractivity contribution in [3.63, 3.8) is 0 Å². The minimum atomic E-state index is -0.574. The molecule has 0 unspecified atom stereocenters. The topological polar surface area (TPSA) is 64.9 Å². The van der Waals surface area contributed by atoms with Crippen molar-refractivity contribution in [3.05, 3.63) is 69.8 Å². The second kappa shape index (κ2) is 8.27. The lowest BCUT2D eigenvalue weighted by Crippen LogP contribution is -2.15. The Morgan fingerprint density at radius 3 is 2.35 bits per heavy atom. The number of carbonyl (C=O) groups is 1. The zero-order valence-electron chi connectivity index (χ0n) is 14.7. The van der Waals surface area contributed by atoms with E-state index in [0.717, 1.165) is 5.69 Å². The number of nitrogens with one attached hydrogen (secondary N) is 2. The summed E-state index contributed by atoms with van der Waals surface area (Å²) in [6, 6.07) is 14.6. The van der Waals surface area contributed by atoms with Gasteiger partial charge in [0.05, 0.1) is 15.7 Å². The van der Waals surface area contributed by atoms with Crippen LogP contribution in [0.3, 0.4) is 0 Å². The fourth-order valence-corrected chi connectivity index (χ4v) is 2.51. The predicted octanol–water partition coefficient (Wildman–Crippen LogP) is 5.75. The van der Waals surface area contributed by atoms with Gasteiger partial charge in [-0.3, -0.25) is 4.79 Å². The number of benzene rings is 2. The molecular formula is C20H19Cl2N3O. The van der Waals surface area contributed by atoms with Crippen LogP contribution in [0.25, 0.3) is 0 Å². The van der Waals surface area contributed by atoms with Gasteiger partial charge in [0.2, 0.25) is 0 Å². The lowest BCUT2D eigenvalue weighted by atomic mass is 9.87. The Kier molecular flexibility index (Phi) is 6.31. The minimum absolute atomic E-state index is 0.0578. The molecule has 26 heavy (non-hydrogen) atoms. The fourth-order valence-electron chi connectivity index (χ4n) is 2.16. The van der Waals surface area contributed by atoms with Crippen molar-refractivity contribution in [2.24, 2.45) is 0 Å².